The van der Waals surface area contributed by atoms with Gasteiger partial charge in [-0.25, -0.2) is 4.39 Å². The molecule has 1 aliphatic rings. The van der Waals surface area contributed by atoms with E-state index in [-0.39, 0.29) is 24.1 Å². The van der Waals surface area contributed by atoms with Crippen molar-refractivity contribution in [1.82, 2.24) is 15.1 Å². The maximum absolute atomic E-state index is 13.5. The molecule has 0 aliphatic carbocycles. The average molecular weight is 458 g/mol. The summed E-state index contributed by atoms with van der Waals surface area (Å²) in [5.41, 5.74) is 2.53. The molecule has 1 amide bonds. The van der Waals surface area contributed by atoms with Gasteiger partial charge in [-0.3, -0.25) is 9.89 Å². The lowest BCUT2D eigenvalue weighted by Gasteiger charge is -2.43. The zero-order valence-corrected chi connectivity index (χ0v) is 19.4. The van der Waals surface area contributed by atoms with Crippen LogP contribution in [0.3, 0.4) is 0 Å². The number of fused-ring (bicyclic) bond motifs is 1. The number of likely N-dealkylation sites (tertiary alicyclic amines) is 1. The Balaban J connectivity index is 1.42. The number of H-pyrrole nitrogens is 1. The van der Waals surface area contributed by atoms with E-state index in [4.69, 9.17) is 11.6 Å². The molecule has 0 spiro atoms. The lowest BCUT2D eigenvalue weighted by atomic mass is 9.68. The fraction of sp³-hybridized carbons (Fsp3) is 0.440. The smallest absolute Gasteiger partial charge is 0.226 e. The monoisotopic (exact) mass is 457 g/mol. The van der Waals surface area contributed by atoms with Crippen LogP contribution in [-0.2, 0) is 11.2 Å². The zero-order chi connectivity index (χ0) is 23.0. The molecule has 0 saturated carbocycles. The third-order valence-electron chi connectivity index (χ3n) is 7.02. The SMILES string of the molecule is Cc1cc(CC(=O)N2CCC(C(C)(C)[C@H](O)c3cc(Cl)cc4cn[nH]c34)CC2)ccc1F. The summed E-state index contributed by atoms with van der Waals surface area (Å²) in [6.07, 6.45) is 2.88. The molecule has 2 heterocycles. The van der Waals surface area contributed by atoms with Crippen molar-refractivity contribution in [1.29, 1.82) is 0 Å². The number of amides is 1. The summed E-state index contributed by atoms with van der Waals surface area (Å²) in [7, 11) is 0. The first-order chi connectivity index (χ1) is 15.2. The van der Waals surface area contributed by atoms with Crippen molar-refractivity contribution in [3.8, 4) is 0 Å². The summed E-state index contributed by atoms with van der Waals surface area (Å²) < 4.78 is 13.5. The summed E-state index contributed by atoms with van der Waals surface area (Å²) in [5, 5.41) is 19.9. The van der Waals surface area contributed by atoms with Gasteiger partial charge in [-0.1, -0.05) is 37.6 Å². The molecule has 3 aromatic rings. The molecule has 170 valence electrons. The second kappa shape index (κ2) is 8.83. The van der Waals surface area contributed by atoms with Crippen LogP contribution in [0.5, 0.6) is 0 Å². The van der Waals surface area contributed by atoms with E-state index < -0.39 is 11.5 Å². The molecule has 7 heteroatoms. The first kappa shape index (κ1) is 22.7. The summed E-state index contributed by atoms with van der Waals surface area (Å²) in [6, 6.07) is 8.46. The first-order valence-corrected chi connectivity index (χ1v) is 11.4. The number of piperidine rings is 1. The molecule has 4 rings (SSSR count). The molecule has 1 saturated heterocycles. The Labute approximate surface area is 192 Å². The van der Waals surface area contributed by atoms with E-state index in [1.807, 2.05) is 11.0 Å². The van der Waals surface area contributed by atoms with Gasteiger partial charge in [0.25, 0.3) is 0 Å². The number of aryl methyl sites for hydroxylation is 1. The number of hydrogen-bond donors (Lipinski definition) is 2. The van der Waals surface area contributed by atoms with E-state index in [2.05, 4.69) is 24.0 Å². The number of nitrogens with one attached hydrogen (secondary N) is 1. The van der Waals surface area contributed by atoms with Crippen LogP contribution in [0.2, 0.25) is 5.02 Å². The molecule has 0 bridgehead atoms. The van der Waals surface area contributed by atoms with Crippen molar-refractivity contribution < 1.29 is 14.3 Å². The average Bonchev–Trinajstić information content (AvgIpc) is 3.23. The highest BCUT2D eigenvalue weighted by Crippen LogP contribution is 2.46. The van der Waals surface area contributed by atoms with E-state index in [1.54, 1.807) is 31.3 Å². The predicted molar refractivity (Wildman–Crippen MR) is 124 cm³/mol. The molecule has 1 aromatic heterocycles. The topological polar surface area (TPSA) is 69.2 Å². The van der Waals surface area contributed by atoms with Gasteiger partial charge in [0, 0.05) is 29.1 Å². The number of carbonyl (C=O) groups is 1. The number of aliphatic hydroxyl groups excluding tert-OH is 1. The van der Waals surface area contributed by atoms with Gasteiger partial charge in [0.1, 0.15) is 5.82 Å². The van der Waals surface area contributed by atoms with Crippen LogP contribution in [0.1, 0.15) is 49.5 Å². The van der Waals surface area contributed by atoms with E-state index in [1.165, 1.54) is 6.07 Å². The molecule has 32 heavy (non-hydrogen) atoms. The Hall–Kier alpha value is -2.44. The Morgan fingerprint density at radius 2 is 2.03 bits per heavy atom. The molecular weight excluding hydrogens is 429 g/mol. The van der Waals surface area contributed by atoms with Crippen molar-refractivity contribution >= 4 is 28.4 Å². The highest BCUT2D eigenvalue weighted by molar-refractivity contribution is 6.31. The minimum atomic E-state index is -0.724. The Morgan fingerprint density at radius 3 is 2.72 bits per heavy atom. The van der Waals surface area contributed by atoms with Crippen LogP contribution in [-0.4, -0.2) is 39.2 Å². The lowest BCUT2D eigenvalue weighted by molar-refractivity contribution is -0.133. The standard InChI is InChI=1S/C25H29ClFN3O2/c1-15-10-16(4-5-21(15)27)11-22(31)30-8-6-18(7-9-30)25(2,3)24(32)20-13-19(26)12-17-14-28-29-23(17)20/h4-5,10,12-14,18,24,32H,6-9,11H2,1-3H3,(H,28,29)/t24-/m1/s1. The largest absolute Gasteiger partial charge is 0.388 e. The second-order valence-electron chi connectivity index (χ2n) is 9.47. The molecule has 5 nitrogen and oxygen atoms in total. The van der Waals surface area contributed by atoms with Crippen LogP contribution in [0.25, 0.3) is 10.9 Å². The van der Waals surface area contributed by atoms with Gasteiger partial charge in [-0.15, -0.1) is 0 Å². The van der Waals surface area contributed by atoms with E-state index >= 15 is 0 Å². The molecule has 2 aromatic carbocycles. The molecule has 0 radical (unpaired) electrons. The van der Waals surface area contributed by atoms with Crippen molar-refractivity contribution in [3.63, 3.8) is 0 Å². The predicted octanol–water partition coefficient (Wildman–Crippen LogP) is 5.20. The Bertz CT molecular complexity index is 1140. The minimum absolute atomic E-state index is 0.0572. The summed E-state index contributed by atoms with van der Waals surface area (Å²) in [6.45, 7) is 7.15. The number of aromatic amines is 1. The van der Waals surface area contributed by atoms with Gasteiger partial charge in [0.15, 0.2) is 0 Å². The van der Waals surface area contributed by atoms with Crippen LogP contribution in [0, 0.1) is 24.1 Å². The van der Waals surface area contributed by atoms with Gasteiger partial charge in [-0.2, -0.15) is 5.10 Å². The Morgan fingerprint density at radius 1 is 1.31 bits per heavy atom. The van der Waals surface area contributed by atoms with Gasteiger partial charge < -0.3 is 10.0 Å². The normalized spacial score (nSPS) is 16.5. The summed E-state index contributed by atoms with van der Waals surface area (Å²) in [4.78, 5) is 14.7. The van der Waals surface area contributed by atoms with Crippen LogP contribution in [0.15, 0.2) is 36.5 Å². The lowest BCUT2D eigenvalue weighted by Crippen LogP contribution is -2.44. The molecule has 1 fully saturated rings. The molecule has 2 N–H and O–H groups in total. The number of carbonyl (C=O) groups excluding carboxylic acids is 1. The minimum Gasteiger partial charge on any atom is -0.388 e. The second-order valence-corrected chi connectivity index (χ2v) is 9.90. The summed E-state index contributed by atoms with van der Waals surface area (Å²) in [5.74, 6) is 0.0447. The third kappa shape index (κ3) is 4.39. The van der Waals surface area contributed by atoms with Crippen LogP contribution in [0.4, 0.5) is 4.39 Å². The fourth-order valence-electron chi connectivity index (χ4n) is 4.86. The number of benzene rings is 2. The van der Waals surface area contributed by atoms with Crippen LogP contribution >= 0.6 is 11.6 Å². The van der Waals surface area contributed by atoms with E-state index in [0.717, 1.165) is 34.9 Å². The van der Waals surface area contributed by atoms with Crippen molar-refractivity contribution in [2.75, 3.05) is 13.1 Å². The number of halogens is 2. The van der Waals surface area contributed by atoms with Crippen molar-refractivity contribution in [2.24, 2.45) is 11.3 Å². The molecule has 0 unspecified atom stereocenters. The molecule has 1 atom stereocenters. The zero-order valence-electron chi connectivity index (χ0n) is 18.7. The van der Waals surface area contributed by atoms with Gasteiger partial charge in [0.05, 0.1) is 24.2 Å². The number of aliphatic hydroxyl groups is 1. The maximum Gasteiger partial charge on any atom is 0.226 e. The number of nitrogens with zero attached hydrogens (tertiary/aromatic N) is 2. The third-order valence-corrected chi connectivity index (χ3v) is 7.24. The highest BCUT2D eigenvalue weighted by Gasteiger charge is 2.40. The van der Waals surface area contributed by atoms with Gasteiger partial charge in [0.2, 0.25) is 5.91 Å². The summed E-state index contributed by atoms with van der Waals surface area (Å²) >= 11 is 6.28. The highest BCUT2D eigenvalue weighted by atomic mass is 35.5. The molecular formula is C25H29ClFN3O2. The van der Waals surface area contributed by atoms with Gasteiger partial charge >= 0.3 is 0 Å². The quantitative estimate of drug-likeness (QED) is 0.553. The van der Waals surface area contributed by atoms with Crippen LogP contribution < -0.4 is 0 Å². The number of hydrogen-bond acceptors (Lipinski definition) is 3. The van der Waals surface area contributed by atoms with E-state index in [0.29, 0.717) is 23.7 Å². The van der Waals surface area contributed by atoms with Crippen molar-refractivity contribution in [3.05, 3.63) is 64.1 Å². The van der Waals surface area contributed by atoms with Crippen molar-refractivity contribution in [2.45, 2.75) is 46.1 Å². The first-order valence-electron chi connectivity index (χ1n) is 11.0. The van der Waals surface area contributed by atoms with Gasteiger partial charge in [-0.05, 0) is 60.4 Å². The maximum atomic E-state index is 13.5. The fourth-order valence-corrected chi connectivity index (χ4v) is 5.10. The number of aromatic nitrogens is 2. The number of rotatable bonds is 5. The van der Waals surface area contributed by atoms with E-state index in [9.17, 15) is 14.3 Å². The molecule has 1 aliphatic heterocycles. The Kier molecular flexibility index (Phi) is 6.28.